The second-order valence-electron chi connectivity index (χ2n) is 7.53. The second-order valence-corrected chi connectivity index (χ2v) is 7.53. The van der Waals surface area contributed by atoms with Crippen LogP contribution in [0, 0.1) is 6.92 Å². The number of morpholine rings is 1. The zero-order valence-corrected chi connectivity index (χ0v) is 16.7. The fourth-order valence-electron chi connectivity index (χ4n) is 4.04. The summed E-state index contributed by atoms with van der Waals surface area (Å²) in [5.74, 6) is 0.0886. The molecule has 1 aromatic heterocycles. The lowest BCUT2D eigenvalue weighted by atomic mass is 9.95. The third-order valence-corrected chi connectivity index (χ3v) is 5.51. The van der Waals surface area contributed by atoms with Gasteiger partial charge in [0.15, 0.2) is 5.69 Å². The van der Waals surface area contributed by atoms with Gasteiger partial charge in [-0.3, -0.25) is 9.59 Å². The number of aliphatic hydroxyl groups excluding tert-OH is 1. The summed E-state index contributed by atoms with van der Waals surface area (Å²) >= 11 is 0. The smallest absolute Gasteiger partial charge is 0.277 e. The molecule has 160 valence electrons. The van der Waals surface area contributed by atoms with Gasteiger partial charge >= 0.3 is 0 Å². The number of anilines is 1. The summed E-state index contributed by atoms with van der Waals surface area (Å²) in [5, 5.41) is 16.5. The van der Waals surface area contributed by atoms with Crippen LogP contribution in [-0.4, -0.2) is 65.5 Å². The Morgan fingerprint density at radius 3 is 2.63 bits per heavy atom. The van der Waals surface area contributed by atoms with E-state index in [0.29, 0.717) is 24.7 Å². The minimum Gasteiger partial charge on any atom is -0.394 e. The van der Waals surface area contributed by atoms with Crippen LogP contribution in [0.4, 0.5) is 5.69 Å². The van der Waals surface area contributed by atoms with E-state index in [0.717, 1.165) is 18.4 Å². The largest absolute Gasteiger partial charge is 0.394 e. The van der Waals surface area contributed by atoms with Crippen LogP contribution in [0.5, 0.6) is 0 Å². The molecular formula is C21H25N3O6. The van der Waals surface area contributed by atoms with Crippen LogP contribution >= 0.6 is 0 Å². The minimum atomic E-state index is -0.465. The van der Waals surface area contributed by atoms with Crippen molar-refractivity contribution in [3.63, 3.8) is 0 Å². The molecule has 2 aromatic rings. The molecule has 3 heterocycles. The lowest BCUT2D eigenvalue weighted by molar-refractivity contribution is -0.168. The molecule has 0 aliphatic carbocycles. The van der Waals surface area contributed by atoms with Crippen molar-refractivity contribution in [1.29, 1.82) is 0 Å². The van der Waals surface area contributed by atoms with Gasteiger partial charge in [0, 0.05) is 31.0 Å². The number of aromatic nitrogens is 1. The lowest BCUT2D eigenvalue weighted by Gasteiger charge is -2.45. The van der Waals surface area contributed by atoms with Gasteiger partial charge in [0.05, 0.1) is 12.6 Å². The number of hydrogen-bond acceptors (Lipinski definition) is 7. The SMILES string of the molecule is Cc1cc(C(=O)Nc2ccc(C3OCC(=O)N(C4CCOCC4)C3CO)cc2)no1. The van der Waals surface area contributed by atoms with Gasteiger partial charge in [-0.15, -0.1) is 0 Å². The van der Waals surface area contributed by atoms with Crippen LogP contribution in [0.15, 0.2) is 34.9 Å². The predicted molar refractivity (Wildman–Crippen MR) is 106 cm³/mol. The van der Waals surface area contributed by atoms with Gasteiger partial charge in [-0.25, -0.2) is 0 Å². The van der Waals surface area contributed by atoms with Crippen molar-refractivity contribution in [3.8, 4) is 0 Å². The summed E-state index contributed by atoms with van der Waals surface area (Å²) in [6.45, 7) is 2.71. The Hall–Kier alpha value is -2.75. The topological polar surface area (TPSA) is 114 Å². The van der Waals surface area contributed by atoms with Crippen molar-refractivity contribution in [2.75, 3.05) is 31.7 Å². The molecule has 2 fully saturated rings. The number of rotatable bonds is 5. The molecule has 2 aliphatic rings. The number of amides is 2. The molecule has 2 N–H and O–H groups in total. The highest BCUT2D eigenvalue weighted by atomic mass is 16.5. The van der Waals surface area contributed by atoms with E-state index >= 15 is 0 Å². The van der Waals surface area contributed by atoms with E-state index in [2.05, 4.69) is 10.5 Å². The van der Waals surface area contributed by atoms with Gasteiger partial charge in [0.1, 0.15) is 18.5 Å². The van der Waals surface area contributed by atoms with E-state index in [4.69, 9.17) is 14.0 Å². The molecule has 2 saturated heterocycles. The Morgan fingerprint density at radius 1 is 1.27 bits per heavy atom. The first kappa shape index (κ1) is 20.5. The summed E-state index contributed by atoms with van der Waals surface area (Å²) < 4.78 is 16.1. The van der Waals surface area contributed by atoms with Crippen molar-refractivity contribution < 1.29 is 28.7 Å². The first-order valence-corrected chi connectivity index (χ1v) is 10.0. The highest BCUT2D eigenvalue weighted by Gasteiger charge is 2.41. The number of carbonyl (C=O) groups is 2. The van der Waals surface area contributed by atoms with Crippen molar-refractivity contribution in [3.05, 3.63) is 47.3 Å². The molecule has 2 unspecified atom stereocenters. The van der Waals surface area contributed by atoms with Crippen molar-refractivity contribution in [2.45, 2.75) is 38.0 Å². The van der Waals surface area contributed by atoms with Gasteiger partial charge in [0.2, 0.25) is 5.91 Å². The van der Waals surface area contributed by atoms with E-state index in [1.54, 1.807) is 30.0 Å². The molecule has 0 saturated carbocycles. The maximum atomic E-state index is 12.5. The summed E-state index contributed by atoms with van der Waals surface area (Å²) in [7, 11) is 0. The fraction of sp³-hybridized carbons (Fsp3) is 0.476. The second kappa shape index (κ2) is 8.95. The van der Waals surface area contributed by atoms with Crippen LogP contribution in [0.1, 0.15) is 40.8 Å². The molecule has 2 aliphatic heterocycles. The van der Waals surface area contributed by atoms with E-state index in [-0.39, 0.29) is 36.8 Å². The standard InChI is InChI=1S/C21H25N3O6/c1-13-10-17(23-30-13)21(27)22-15-4-2-14(3-5-15)20-18(11-25)24(19(26)12-29-20)16-6-8-28-9-7-16/h2-5,10,16,18,20,25H,6-9,11-12H2,1H3,(H,22,27). The Kier molecular flexibility index (Phi) is 6.12. The first-order valence-electron chi connectivity index (χ1n) is 10.0. The normalized spacial score (nSPS) is 22.9. The number of hydrogen-bond donors (Lipinski definition) is 2. The summed E-state index contributed by atoms with van der Waals surface area (Å²) in [4.78, 5) is 26.5. The molecule has 4 rings (SSSR count). The van der Waals surface area contributed by atoms with E-state index in [1.165, 1.54) is 0 Å². The molecule has 0 spiro atoms. The van der Waals surface area contributed by atoms with Crippen LogP contribution in [0.3, 0.4) is 0 Å². The average Bonchev–Trinajstić information content (AvgIpc) is 3.21. The summed E-state index contributed by atoms with van der Waals surface area (Å²) in [5.41, 5.74) is 1.63. The monoisotopic (exact) mass is 415 g/mol. The Morgan fingerprint density at radius 2 is 2.00 bits per heavy atom. The highest BCUT2D eigenvalue weighted by molar-refractivity contribution is 6.02. The zero-order valence-electron chi connectivity index (χ0n) is 16.7. The number of aryl methyl sites for hydroxylation is 1. The van der Waals surface area contributed by atoms with Crippen LogP contribution in [0.2, 0.25) is 0 Å². The van der Waals surface area contributed by atoms with Crippen LogP contribution < -0.4 is 5.32 Å². The van der Waals surface area contributed by atoms with Crippen molar-refractivity contribution in [2.24, 2.45) is 0 Å². The first-order chi connectivity index (χ1) is 14.6. The van der Waals surface area contributed by atoms with Crippen LogP contribution in [-0.2, 0) is 14.3 Å². The van der Waals surface area contributed by atoms with Crippen molar-refractivity contribution in [1.82, 2.24) is 10.1 Å². The molecule has 1 aromatic carbocycles. The fourth-order valence-corrected chi connectivity index (χ4v) is 4.04. The number of benzene rings is 1. The molecule has 9 nitrogen and oxygen atoms in total. The Bertz CT molecular complexity index is 890. The van der Waals surface area contributed by atoms with Gasteiger partial charge in [-0.05, 0) is 37.5 Å². The average molecular weight is 415 g/mol. The third kappa shape index (κ3) is 4.23. The van der Waals surface area contributed by atoms with E-state index in [9.17, 15) is 14.7 Å². The van der Waals surface area contributed by atoms with Gasteiger partial charge in [-0.2, -0.15) is 0 Å². The highest BCUT2D eigenvalue weighted by Crippen LogP contribution is 2.33. The molecule has 2 amide bonds. The Balaban J connectivity index is 1.48. The molecule has 0 bridgehead atoms. The number of carbonyl (C=O) groups excluding carboxylic acids is 2. The number of nitrogens with one attached hydrogen (secondary N) is 1. The maximum absolute atomic E-state index is 12.5. The summed E-state index contributed by atoms with van der Waals surface area (Å²) in [6.07, 6.45) is 1.06. The molecular weight excluding hydrogens is 390 g/mol. The van der Waals surface area contributed by atoms with Gasteiger partial charge in [-0.1, -0.05) is 17.3 Å². The molecule has 0 radical (unpaired) electrons. The van der Waals surface area contributed by atoms with Crippen molar-refractivity contribution >= 4 is 17.5 Å². The zero-order chi connectivity index (χ0) is 21.1. The third-order valence-electron chi connectivity index (χ3n) is 5.51. The Labute approximate surface area is 173 Å². The minimum absolute atomic E-state index is 0.0253. The molecule has 30 heavy (non-hydrogen) atoms. The summed E-state index contributed by atoms with van der Waals surface area (Å²) in [6, 6.07) is 8.31. The quantitative estimate of drug-likeness (QED) is 0.764. The molecule has 9 heteroatoms. The predicted octanol–water partition coefficient (Wildman–Crippen LogP) is 1.68. The number of ether oxygens (including phenoxy) is 2. The maximum Gasteiger partial charge on any atom is 0.277 e. The van der Waals surface area contributed by atoms with Crippen LogP contribution in [0.25, 0.3) is 0 Å². The van der Waals surface area contributed by atoms with E-state index < -0.39 is 12.1 Å². The molecule has 2 atom stereocenters. The van der Waals surface area contributed by atoms with Gasteiger partial charge < -0.3 is 29.3 Å². The number of nitrogens with zero attached hydrogens (tertiary/aromatic N) is 2. The van der Waals surface area contributed by atoms with Gasteiger partial charge in [0.25, 0.3) is 5.91 Å². The number of aliphatic hydroxyl groups is 1. The van der Waals surface area contributed by atoms with E-state index in [1.807, 2.05) is 12.1 Å². The lowest BCUT2D eigenvalue weighted by Crippen LogP contribution is -2.57.